The van der Waals surface area contributed by atoms with Crippen molar-refractivity contribution >= 4 is 47.3 Å². The minimum atomic E-state index is 0.303. The van der Waals surface area contributed by atoms with Gasteiger partial charge in [0, 0.05) is 23.2 Å². The molecule has 2 rings (SSSR count). The Morgan fingerprint density at radius 2 is 2.15 bits per heavy atom. The number of aromatic nitrogens is 1. The summed E-state index contributed by atoms with van der Waals surface area (Å²) in [6, 6.07) is 1.78. The fourth-order valence-corrected chi connectivity index (χ4v) is 1.60. The third-order valence-electron chi connectivity index (χ3n) is 1.74. The Balaban J connectivity index is 2.75. The van der Waals surface area contributed by atoms with Crippen LogP contribution >= 0.6 is 35.0 Å². The van der Waals surface area contributed by atoms with Crippen molar-refractivity contribution in [3.63, 3.8) is 0 Å². The van der Waals surface area contributed by atoms with Gasteiger partial charge in [-0.05, 0) is 6.07 Å². The van der Waals surface area contributed by atoms with Gasteiger partial charge in [-0.3, -0.25) is 4.42 Å². The predicted octanol–water partition coefficient (Wildman–Crippen LogP) is 1.38. The molecule has 1 aromatic rings. The number of fused-ring (bicyclic) bond motifs is 1. The summed E-state index contributed by atoms with van der Waals surface area (Å²) in [5.41, 5.74) is 0. The molecule has 1 aromatic heterocycles. The third-order valence-corrected chi connectivity index (χ3v) is 2.65. The van der Waals surface area contributed by atoms with E-state index < -0.39 is 0 Å². The summed E-state index contributed by atoms with van der Waals surface area (Å²) in [6.07, 6.45) is 3.66. The predicted molar refractivity (Wildman–Crippen MR) is 55.0 cm³/mol. The summed E-state index contributed by atoms with van der Waals surface area (Å²) in [5.74, 6) is 0. The van der Waals surface area contributed by atoms with Gasteiger partial charge in [-0.15, -0.1) is 0 Å². The van der Waals surface area contributed by atoms with Crippen LogP contribution in [0.3, 0.4) is 0 Å². The topological polar surface area (TPSA) is 16.1 Å². The molecule has 1 aliphatic heterocycles. The maximum absolute atomic E-state index is 5.81. The van der Waals surface area contributed by atoms with Gasteiger partial charge in [0.15, 0.2) is 0 Å². The molecule has 0 saturated heterocycles. The van der Waals surface area contributed by atoms with E-state index in [0.717, 1.165) is 10.6 Å². The summed E-state index contributed by atoms with van der Waals surface area (Å²) < 4.78 is 1.51. The summed E-state index contributed by atoms with van der Waals surface area (Å²) in [4.78, 5) is 4.08. The van der Waals surface area contributed by atoms with Gasteiger partial charge in [0.25, 0.3) is 0 Å². The summed E-state index contributed by atoms with van der Waals surface area (Å²) in [6.45, 7) is 0.647. The molecule has 0 N–H and O–H groups in total. The standard InChI is InChI=1S/C8H5Cl3N2/c9-6-3-5-1-2-13(11)4-7(5)12-8(6)10/h1,3-4H,2H2. The molecular formula is C8H5Cl3N2. The molecule has 13 heavy (non-hydrogen) atoms. The second-order valence-electron chi connectivity index (χ2n) is 2.65. The van der Waals surface area contributed by atoms with Crippen LogP contribution in [0.1, 0.15) is 0 Å². The molecule has 0 radical (unpaired) electrons. The first-order valence-corrected chi connectivity index (χ1v) is 4.73. The molecule has 68 valence electrons. The number of nitrogens with zero attached hydrogens (tertiary/aromatic N) is 2. The van der Waals surface area contributed by atoms with E-state index >= 15 is 0 Å². The van der Waals surface area contributed by atoms with Gasteiger partial charge in [-0.2, -0.15) is 0 Å². The van der Waals surface area contributed by atoms with Crippen LogP contribution in [0.15, 0.2) is 6.07 Å². The van der Waals surface area contributed by atoms with Crippen LogP contribution in [0.4, 0.5) is 0 Å². The van der Waals surface area contributed by atoms with Gasteiger partial charge in [-0.1, -0.05) is 29.3 Å². The first-order chi connectivity index (χ1) is 6.16. The molecule has 2 heterocycles. The van der Waals surface area contributed by atoms with Crippen LogP contribution in [0.25, 0.3) is 12.3 Å². The van der Waals surface area contributed by atoms with Gasteiger partial charge in [0.05, 0.1) is 16.9 Å². The smallest absolute Gasteiger partial charge is 0.148 e. The van der Waals surface area contributed by atoms with E-state index in [0.29, 0.717) is 16.7 Å². The number of hydrogen-bond acceptors (Lipinski definition) is 2. The molecule has 1 aliphatic rings. The molecule has 0 aromatic carbocycles. The highest BCUT2D eigenvalue weighted by molar-refractivity contribution is 6.41. The lowest BCUT2D eigenvalue weighted by Crippen LogP contribution is -2.34. The maximum atomic E-state index is 5.81. The second kappa shape index (κ2) is 3.37. The van der Waals surface area contributed by atoms with E-state index in [1.165, 1.54) is 4.42 Å². The average Bonchev–Trinajstić information content (AvgIpc) is 2.08. The largest absolute Gasteiger partial charge is 0.287 e. The highest BCUT2D eigenvalue weighted by Crippen LogP contribution is 2.14. The number of pyridine rings is 1. The molecule has 0 amide bonds. The summed E-state index contributed by atoms with van der Waals surface area (Å²) in [7, 11) is 0. The molecule has 0 fully saturated rings. The highest BCUT2D eigenvalue weighted by Gasteiger charge is 2.04. The van der Waals surface area contributed by atoms with E-state index in [9.17, 15) is 0 Å². The Morgan fingerprint density at radius 3 is 2.92 bits per heavy atom. The molecule has 0 spiro atoms. The molecule has 0 saturated carbocycles. The Hall–Kier alpha value is -0.440. The lowest BCUT2D eigenvalue weighted by molar-refractivity contribution is 0.736. The molecule has 0 aliphatic carbocycles. The number of halogens is 3. The zero-order chi connectivity index (χ0) is 9.42. The van der Waals surface area contributed by atoms with Crippen molar-refractivity contribution in [2.45, 2.75) is 0 Å². The van der Waals surface area contributed by atoms with Crippen LogP contribution in [-0.4, -0.2) is 15.9 Å². The molecular weight excluding hydrogens is 230 g/mol. The lowest BCUT2D eigenvalue weighted by atomic mass is 10.3. The minimum absolute atomic E-state index is 0.303. The van der Waals surface area contributed by atoms with Crippen molar-refractivity contribution in [1.82, 2.24) is 9.40 Å². The van der Waals surface area contributed by atoms with Gasteiger partial charge in [0.1, 0.15) is 5.15 Å². The van der Waals surface area contributed by atoms with Crippen molar-refractivity contribution < 1.29 is 0 Å². The van der Waals surface area contributed by atoms with Crippen LogP contribution in [0.2, 0.25) is 10.2 Å². The van der Waals surface area contributed by atoms with E-state index in [1.54, 1.807) is 12.3 Å². The Labute approximate surface area is 90.1 Å². The second-order valence-corrected chi connectivity index (χ2v) is 3.85. The van der Waals surface area contributed by atoms with Crippen LogP contribution in [0, 0.1) is 0 Å². The monoisotopic (exact) mass is 234 g/mol. The maximum Gasteiger partial charge on any atom is 0.148 e. The molecule has 0 unspecified atom stereocenters. The van der Waals surface area contributed by atoms with Crippen molar-refractivity contribution in [1.29, 1.82) is 0 Å². The van der Waals surface area contributed by atoms with Crippen LogP contribution in [0.5, 0.6) is 0 Å². The quantitative estimate of drug-likeness (QED) is 0.499. The Bertz CT molecular complexity index is 455. The summed E-state index contributed by atoms with van der Waals surface area (Å²) >= 11 is 17.3. The zero-order valence-electron chi connectivity index (χ0n) is 6.47. The number of rotatable bonds is 0. The first-order valence-electron chi connectivity index (χ1n) is 3.63. The van der Waals surface area contributed by atoms with E-state index in [-0.39, 0.29) is 0 Å². The Kier molecular flexibility index (Phi) is 2.37. The molecule has 0 bridgehead atoms. The fourth-order valence-electron chi connectivity index (χ4n) is 1.13. The minimum Gasteiger partial charge on any atom is -0.287 e. The van der Waals surface area contributed by atoms with Crippen LogP contribution in [-0.2, 0) is 0 Å². The third kappa shape index (κ3) is 1.75. The van der Waals surface area contributed by atoms with Crippen molar-refractivity contribution in [3.05, 3.63) is 26.8 Å². The molecule has 5 heteroatoms. The SMILES string of the molecule is Clc1cc2c(nc1Cl)=CN(Cl)CC=2. The van der Waals surface area contributed by atoms with Gasteiger partial charge >= 0.3 is 0 Å². The van der Waals surface area contributed by atoms with E-state index in [4.69, 9.17) is 35.0 Å². The van der Waals surface area contributed by atoms with Crippen molar-refractivity contribution in [2.75, 3.05) is 6.54 Å². The summed E-state index contributed by atoms with van der Waals surface area (Å²) in [5, 5.41) is 2.48. The lowest BCUT2D eigenvalue weighted by Gasteiger charge is -2.10. The zero-order valence-corrected chi connectivity index (χ0v) is 8.74. The molecule has 2 nitrogen and oxygen atoms in total. The Morgan fingerprint density at radius 1 is 1.38 bits per heavy atom. The van der Waals surface area contributed by atoms with Crippen molar-refractivity contribution in [2.24, 2.45) is 0 Å². The average molecular weight is 236 g/mol. The van der Waals surface area contributed by atoms with E-state index in [2.05, 4.69) is 4.98 Å². The van der Waals surface area contributed by atoms with Crippen LogP contribution < -0.4 is 10.6 Å². The number of hydrogen-bond donors (Lipinski definition) is 0. The van der Waals surface area contributed by atoms with Gasteiger partial charge < -0.3 is 0 Å². The van der Waals surface area contributed by atoms with Gasteiger partial charge in [-0.25, -0.2) is 4.98 Å². The van der Waals surface area contributed by atoms with Gasteiger partial charge in [0.2, 0.25) is 0 Å². The first kappa shape index (κ1) is 9.13. The van der Waals surface area contributed by atoms with Crippen molar-refractivity contribution in [3.8, 4) is 0 Å². The normalized spacial score (nSPS) is 14.5. The van der Waals surface area contributed by atoms with E-state index in [1.807, 2.05) is 6.08 Å². The highest BCUT2D eigenvalue weighted by atomic mass is 35.5. The molecule has 0 atom stereocenters. The fraction of sp³-hybridized carbons (Fsp3) is 0.125.